The molecule has 0 aliphatic rings. The van der Waals surface area contributed by atoms with Gasteiger partial charge in [0.05, 0.1) is 11.0 Å². The molecule has 1 atom stereocenters. The van der Waals surface area contributed by atoms with Gasteiger partial charge in [0, 0.05) is 16.5 Å². The first-order valence-electron chi connectivity index (χ1n) is 17.9. The number of rotatable bonds is 8. The fraction of sp³-hybridized carbons (Fsp3) is 0.102. The second kappa shape index (κ2) is 12.8. The number of hydrogen-bond acceptors (Lipinski definition) is 0. The van der Waals surface area contributed by atoms with Gasteiger partial charge in [-0.2, -0.15) is 0 Å². The molecular weight excluding hydrogens is 603 g/mol. The fourth-order valence-electron chi connectivity index (χ4n) is 8.00. The second-order valence-corrected chi connectivity index (χ2v) is 13.7. The first-order chi connectivity index (χ1) is 24.7. The molecule has 1 heterocycles. The normalized spacial score (nSPS) is 12.3. The van der Waals surface area contributed by atoms with E-state index in [0.717, 1.165) is 6.42 Å². The summed E-state index contributed by atoms with van der Waals surface area (Å²) in [4.78, 5) is 0. The Kier molecular flexibility index (Phi) is 7.75. The first kappa shape index (κ1) is 30.2. The summed E-state index contributed by atoms with van der Waals surface area (Å²) in [6, 6.07) is 65.0. The van der Waals surface area contributed by atoms with Crippen molar-refractivity contribution in [3.63, 3.8) is 0 Å². The van der Waals surface area contributed by atoms with Gasteiger partial charge in [0.25, 0.3) is 0 Å². The lowest BCUT2D eigenvalue weighted by Crippen LogP contribution is -2.03. The van der Waals surface area contributed by atoms with Crippen LogP contribution in [-0.2, 0) is 6.42 Å². The molecule has 240 valence electrons. The van der Waals surface area contributed by atoms with Gasteiger partial charge in [-0.3, -0.25) is 0 Å². The third-order valence-corrected chi connectivity index (χ3v) is 10.5. The topological polar surface area (TPSA) is 4.93 Å². The van der Waals surface area contributed by atoms with Crippen LogP contribution in [0, 0.1) is 0 Å². The van der Waals surface area contributed by atoms with Crippen molar-refractivity contribution in [1.82, 2.24) is 4.57 Å². The van der Waals surface area contributed by atoms with Crippen LogP contribution >= 0.6 is 0 Å². The van der Waals surface area contributed by atoms with Crippen LogP contribution in [0.3, 0.4) is 0 Å². The molecule has 1 nitrogen and oxygen atoms in total. The molecule has 1 aromatic heterocycles. The summed E-state index contributed by atoms with van der Waals surface area (Å²) in [5.74, 6) is 0.540. The molecule has 0 amide bonds. The van der Waals surface area contributed by atoms with Gasteiger partial charge >= 0.3 is 0 Å². The number of fused-ring (bicyclic) bond motifs is 6. The van der Waals surface area contributed by atoms with Crippen molar-refractivity contribution in [1.29, 1.82) is 0 Å². The number of aromatic nitrogens is 1. The third kappa shape index (κ3) is 5.46. The van der Waals surface area contributed by atoms with E-state index in [0.29, 0.717) is 5.92 Å². The molecule has 0 fully saturated rings. The smallest absolute Gasteiger partial charge is 0.0547 e. The van der Waals surface area contributed by atoms with Gasteiger partial charge in [0.2, 0.25) is 0 Å². The minimum Gasteiger partial charge on any atom is -0.309 e. The van der Waals surface area contributed by atoms with Gasteiger partial charge in [0.1, 0.15) is 0 Å². The van der Waals surface area contributed by atoms with Crippen molar-refractivity contribution in [3.05, 3.63) is 187 Å². The molecule has 8 aromatic carbocycles. The third-order valence-electron chi connectivity index (χ3n) is 10.5. The Morgan fingerprint density at radius 1 is 0.460 bits per heavy atom. The van der Waals surface area contributed by atoms with Crippen molar-refractivity contribution in [3.8, 4) is 27.9 Å². The molecule has 0 aliphatic carbocycles. The Labute approximate surface area is 294 Å². The highest BCUT2D eigenvalue weighted by Gasteiger charge is 2.17. The van der Waals surface area contributed by atoms with Gasteiger partial charge in [-0.25, -0.2) is 0 Å². The molecule has 0 saturated carbocycles. The Morgan fingerprint density at radius 3 is 1.82 bits per heavy atom. The standard InChI is InChI=1S/C49H39N/c1-2-10-41(31-34-11-4-3-5-12-34)38-21-17-36(18-22-38)37-19-23-39(24-20-37)43-27-29-47-46(33-43)49-45-16-9-8-14-40(45)26-30-48(49)50(47)44-28-25-35-13-6-7-15-42(35)32-44/h3-9,11-30,32-33,41H,2,10,31H2,1H3. The van der Waals surface area contributed by atoms with Gasteiger partial charge in [0.15, 0.2) is 0 Å². The van der Waals surface area contributed by atoms with Crippen molar-refractivity contribution in [2.45, 2.75) is 32.1 Å². The highest BCUT2D eigenvalue weighted by Crippen LogP contribution is 2.39. The Balaban J connectivity index is 1.08. The van der Waals surface area contributed by atoms with Crippen LogP contribution < -0.4 is 0 Å². The van der Waals surface area contributed by atoms with E-state index in [1.54, 1.807) is 0 Å². The SMILES string of the molecule is CCCC(Cc1ccccc1)c1ccc(-c2ccc(-c3ccc4c(c3)c3c5ccccc5ccc3n4-c3ccc4ccccc4c3)cc2)cc1. The molecule has 0 N–H and O–H groups in total. The zero-order valence-corrected chi connectivity index (χ0v) is 28.4. The summed E-state index contributed by atoms with van der Waals surface area (Å²) in [6.07, 6.45) is 3.47. The predicted molar refractivity (Wildman–Crippen MR) is 214 cm³/mol. The Bertz CT molecular complexity index is 2610. The molecule has 0 radical (unpaired) electrons. The minimum absolute atomic E-state index is 0.540. The zero-order valence-electron chi connectivity index (χ0n) is 28.4. The lowest BCUT2D eigenvalue weighted by atomic mass is 9.87. The van der Waals surface area contributed by atoms with E-state index in [2.05, 4.69) is 187 Å². The average Bonchev–Trinajstić information content (AvgIpc) is 3.52. The Hall–Kier alpha value is -5.92. The van der Waals surface area contributed by atoms with Gasteiger partial charge in [-0.05, 0) is 104 Å². The van der Waals surface area contributed by atoms with Crippen molar-refractivity contribution in [2.75, 3.05) is 0 Å². The van der Waals surface area contributed by atoms with E-state index in [4.69, 9.17) is 0 Å². The van der Waals surface area contributed by atoms with Crippen molar-refractivity contribution >= 4 is 43.4 Å². The van der Waals surface area contributed by atoms with E-state index in [9.17, 15) is 0 Å². The highest BCUT2D eigenvalue weighted by atomic mass is 15.0. The molecule has 1 unspecified atom stereocenters. The van der Waals surface area contributed by atoms with E-state index in [1.807, 2.05) is 0 Å². The summed E-state index contributed by atoms with van der Waals surface area (Å²) in [5, 5.41) is 7.64. The molecule has 0 saturated heterocycles. The maximum absolute atomic E-state index is 2.44. The largest absolute Gasteiger partial charge is 0.309 e. The lowest BCUT2D eigenvalue weighted by molar-refractivity contribution is 0.610. The Morgan fingerprint density at radius 2 is 1.06 bits per heavy atom. The van der Waals surface area contributed by atoms with Crippen LogP contribution in [0.15, 0.2) is 176 Å². The van der Waals surface area contributed by atoms with Crippen LogP contribution in [0.25, 0.3) is 71.3 Å². The van der Waals surface area contributed by atoms with Crippen LogP contribution in [-0.4, -0.2) is 4.57 Å². The number of benzene rings is 8. The molecule has 0 spiro atoms. The van der Waals surface area contributed by atoms with Crippen LogP contribution in [0.1, 0.15) is 36.8 Å². The average molecular weight is 642 g/mol. The van der Waals surface area contributed by atoms with E-state index in [1.165, 1.54) is 95.3 Å². The second-order valence-electron chi connectivity index (χ2n) is 13.7. The molecule has 9 rings (SSSR count). The molecule has 9 aromatic rings. The van der Waals surface area contributed by atoms with Crippen LogP contribution in [0.4, 0.5) is 0 Å². The van der Waals surface area contributed by atoms with Crippen molar-refractivity contribution < 1.29 is 0 Å². The van der Waals surface area contributed by atoms with E-state index < -0.39 is 0 Å². The molecule has 1 heteroatoms. The molecular formula is C49H39N. The summed E-state index contributed by atoms with van der Waals surface area (Å²) in [7, 11) is 0. The first-order valence-corrected chi connectivity index (χ1v) is 17.9. The van der Waals surface area contributed by atoms with E-state index in [-0.39, 0.29) is 0 Å². The fourth-order valence-corrected chi connectivity index (χ4v) is 8.00. The summed E-state index contributed by atoms with van der Waals surface area (Å²) >= 11 is 0. The highest BCUT2D eigenvalue weighted by molar-refractivity contribution is 6.22. The molecule has 0 bridgehead atoms. The zero-order chi connectivity index (χ0) is 33.4. The van der Waals surface area contributed by atoms with Gasteiger partial charge < -0.3 is 4.57 Å². The van der Waals surface area contributed by atoms with Gasteiger partial charge in [-0.1, -0.05) is 159 Å². The molecule has 0 aliphatic heterocycles. The minimum atomic E-state index is 0.540. The van der Waals surface area contributed by atoms with E-state index >= 15 is 0 Å². The van der Waals surface area contributed by atoms with Crippen molar-refractivity contribution in [2.24, 2.45) is 0 Å². The van der Waals surface area contributed by atoms with Crippen LogP contribution in [0.2, 0.25) is 0 Å². The molecule has 50 heavy (non-hydrogen) atoms. The summed E-state index contributed by atoms with van der Waals surface area (Å²) in [6.45, 7) is 2.29. The maximum Gasteiger partial charge on any atom is 0.0547 e. The quantitative estimate of drug-likeness (QED) is 0.156. The lowest BCUT2D eigenvalue weighted by Gasteiger charge is -2.17. The summed E-state index contributed by atoms with van der Waals surface area (Å²) in [5.41, 5.74) is 11.4. The maximum atomic E-state index is 2.44. The predicted octanol–water partition coefficient (Wildman–Crippen LogP) is 13.6. The number of nitrogens with zero attached hydrogens (tertiary/aromatic N) is 1. The van der Waals surface area contributed by atoms with Gasteiger partial charge in [-0.15, -0.1) is 0 Å². The summed E-state index contributed by atoms with van der Waals surface area (Å²) < 4.78 is 2.44. The van der Waals surface area contributed by atoms with Crippen LogP contribution in [0.5, 0.6) is 0 Å². The monoisotopic (exact) mass is 641 g/mol. The number of hydrogen-bond donors (Lipinski definition) is 0.